The van der Waals surface area contributed by atoms with Gasteiger partial charge in [0.05, 0.1) is 20.2 Å². The number of rotatable bonds is 3. The van der Waals surface area contributed by atoms with Gasteiger partial charge in [-0.2, -0.15) is 0 Å². The Bertz CT molecular complexity index is 575. The van der Waals surface area contributed by atoms with Gasteiger partial charge in [0.2, 0.25) is 0 Å². The number of halogens is 2. The first-order chi connectivity index (χ1) is 9.46. The fraction of sp³-hybridized carbons (Fsp3) is 0.571. The van der Waals surface area contributed by atoms with Crippen LogP contribution in [-0.2, 0) is 9.84 Å². The summed E-state index contributed by atoms with van der Waals surface area (Å²) in [6, 6.07) is 4.54. The molecule has 1 fully saturated rings. The molecule has 1 aliphatic rings. The van der Waals surface area contributed by atoms with Gasteiger partial charge in [0, 0.05) is 6.04 Å². The molecule has 0 amide bonds. The van der Waals surface area contributed by atoms with E-state index in [4.69, 9.17) is 23.2 Å². The highest BCUT2D eigenvalue weighted by Crippen LogP contribution is 2.31. The average molecular weight is 336 g/mol. The summed E-state index contributed by atoms with van der Waals surface area (Å²) in [7, 11) is -1.56. The van der Waals surface area contributed by atoms with E-state index >= 15 is 0 Å². The molecule has 1 N–H and O–H groups in total. The normalized spacial score (nSPS) is 24.4. The fourth-order valence-corrected chi connectivity index (χ4v) is 5.24. The van der Waals surface area contributed by atoms with E-state index in [9.17, 15) is 8.42 Å². The molecule has 0 aliphatic heterocycles. The van der Waals surface area contributed by atoms with Gasteiger partial charge in [0.25, 0.3) is 0 Å². The molecular weight excluding hydrogens is 317 g/mol. The maximum atomic E-state index is 12.8. The lowest BCUT2D eigenvalue weighted by atomic mass is 10.1. The first kappa shape index (κ1) is 16.1. The predicted molar refractivity (Wildman–Crippen MR) is 83.4 cm³/mol. The van der Waals surface area contributed by atoms with Crippen LogP contribution in [0, 0.1) is 0 Å². The lowest BCUT2D eigenvalue weighted by Gasteiger charge is -2.24. The van der Waals surface area contributed by atoms with E-state index in [1.807, 2.05) is 7.05 Å². The lowest BCUT2D eigenvalue weighted by molar-refractivity contribution is 0.480. The highest BCUT2D eigenvalue weighted by atomic mass is 35.5. The van der Waals surface area contributed by atoms with Crippen LogP contribution in [0.5, 0.6) is 0 Å². The highest BCUT2D eigenvalue weighted by molar-refractivity contribution is 7.92. The van der Waals surface area contributed by atoms with E-state index in [2.05, 4.69) is 5.32 Å². The quantitative estimate of drug-likeness (QED) is 0.857. The van der Waals surface area contributed by atoms with Crippen LogP contribution in [0.25, 0.3) is 0 Å². The summed E-state index contributed by atoms with van der Waals surface area (Å²) in [5, 5.41) is 3.41. The van der Waals surface area contributed by atoms with Crippen molar-refractivity contribution >= 4 is 33.0 Å². The molecule has 1 saturated carbocycles. The first-order valence-corrected chi connectivity index (χ1v) is 9.13. The Morgan fingerprint density at radius 3 is 2.45 bits per heavy atom. The van der Waals surface area contributed by atoms with Crippen molar-refractivity contribution in [2.75, 3.05) is 7.05 Å². The molecule has 0 spiro atoms. The van der Waals surface area contributed by atoms with E-state index in [1.54, 1.807) is 12.1 Å². The number of nitrogens with one attached hydrogen (secondary N) is 1. The van der Waals surface area contributed by atoms with Gasteiger partial charge < -0.3 is 5.32 Å². The maximum Gasteiger partial charge on any atom is 0.182 e. The molecule has 112 valence electrons. The molecule has 0 saturated heterocycles. The number of hydrogen-bond acceptors (Lipinski definition) is 3. The third-order valence-corrected chi connectivity index (χ3v) is 6.95. The lowest BCUT2D eigenvalue weighted by Crippen LogP contribution is -2.41. The molecule has 0 heterocycles. The van der Waals surface area contributed by atoms with Gasteiger partial charge in [-0.3, -0.25) is 0 Å². The van der Waals surface area contributed by atoms with Gasteiger partial charge in [0.1, 0.15) is 0 Å². The topological polar surface area (TPSA) is 46.2 Å². The summed E-state index contributed by atoms with van der Waals surface area (Å²) in [5.74, 6) is 0. The number of hydrogen-bond donors (Lipinski definition) is 1. The molecule has 0 aromatic heterocycles. The molecule has 0 bridgehead atoms. The predicted octanol–water partition coefficient (Wildman–Crippen LogP) is 3.69. The molecule has 20 heavy (non-hydrogen) atoms. The maximum absolute atomic E-state index is 12.8. The summed E-state index contributed by atoms with van der Waals surface area (Å²) in [4.78, 5) is 0.263. The van der Waals surface area contributed by atoms with Crippen LogP contribution in [0.3, 0.4) is 0 Å². The SMILES string of the molecule is CNC1CCCCCC1S(=O)(=O)c1ccc(Cl)c(Cl)c1. The van der Waals surface area contributed by atoms with Crippen LogP contribution in [-0.4, -0.2) is 26.8 Å². The Labute approximate surface area is 130 Å². The van der Waals surface area contributed by atoms with Crippen LogP contribution < -0.4 is 5.32 Å². The van der Waals surface area contributed by atoms with Crippen molar-refractivity contribution < 1.29 is 8.42 Å². The monoisotopic (exact) mass is 335 g/mol. The fourth-order valence-electron chi connectivity index (χ4n) is 2.80. The second-order valence-corrected chi connectivity index (χ2v) is 8.17. The number of sulfone groups is 1. The summed E-state index contributed by atoms with van der Waals surface area (Å²) < 4.78 is 25.7. The second-order valence-electron chi connectivity index (χ2n) is 5.19. The smallest absolute Gasteiger partial charge is 0.182 e. The minimum absolute atomic E-state index is 0.00282. The van der Waals surface area contributed by atoms with Gasteiger partial charge in [-0.1, -0.05) is 42.5 Å². The molecule has 2 atom stereocenters. The first-order valence-electron chi connectivity index (χ1n) is 6.83. The van der Waals surface area contributed by atoms with Crippen LogP contribution >= 0.6 is 23.2 Å². The molecule has 2 rings (SSSR count). The van der Waals surface area contributed by atoms with Crippen molar-refractivity contribution in [2.45, 2.75) is 48.3 Å². The molecule has 1 aromatic rings. The standard InChI is InChI=1S/C14H19Cl2NO2S/c1-17-13-5-3-2-4-6-14(13)20(18,19)10-7-8-11(15)12(16)9-10/h7-9,13-14,17H,2-6H2,1H3. The average Bonchev–Trinajstić information content (AvgIpc) is 2.67. The largest absolute Gasteiger partial charge is 0.316 e. The Balaban J connectivity index is 2.38. The van der Waals surface area contributed by atoms with Gasteiger partial charge in [0.15, 0.2) is 9.84 Å². The van der Waals surface area contributed by atoms with Crippen LogP contribution in [0.4, 0.5) is 0 Å². The van der Waals surface area contributed by atoms with E-state index in [0.29, 0.717) is 11.4 Å². The van der Waals surface area contributed by atoms with Crippen molar-refractivity contribution in [3.63, 3.8) is 0 Å². The molecule has 1 aliphatic carbocycles. The Morgan fingerprint density at radius 2 is 1.80 bits per heavy atom. The van der Waals surface area contributed by atoms with E-state index < -0.39 is 15.1 Å². The Hall–Kier alpha value is -0.290. The minimum atomic E-state index is -3.39. The zero-order chi connectivity index (χ0) is 14.8. The van der Waals surface area contributed by atoms with Gasteiger partial charge >= 0.3 is 0 Å². The van der Waals surface area contributed by atoms with Crippen molar-refractivity contribution in [3.05, 3.63) is 28.2 Å². The van der Waals surface area contributed by atoms with E-state index in [-0.39, 0.29) is 16.0 Å². The minimum Gasteiger partial charge on any atom is -0.316 e. The third-order valence-electron chi connectivity index (χ3n) is 3.94. The second kappa shape index (κ2) is 6.65. The third kappa shape index (κ3) is 3.30. The van der Waals surface area contributed by atoms with E-state index in [0.717, 1.165) is 25.7 Å². The van der Waals surface area contributed by atoms with Gasteiger partial charge in [-0.25, -0.2) is 8.42 Å². The van der Waals surface area contributed by atoms with Crippen molar-refractivity contribution in [1.82, 2.24) is 5.32 Å². The zero-order valence-electron chi connectivity index (χ0n) is 11.4. The zero-order valence-corrected chi connectivity index (χ0v) is 13.7. The molecule has 0 radical (unpaired) electrons. The summed E-state index contributed by atoms with van der Waals surface area (Å²) >= 11 is 11.8. The molecule has 2 unspecified atom stereocenters. The van der Waals surface area contributed by atoms with Crippen LogP contribution in [0.1, 0.15) is 32.1 Å². The summed E-state index contributed by atoms with van der Waals surface area (Å²) in [6.45, 7) is 0. The highest BCUT2D eigenvalue weighted by Gasteiger charge is 2.34. The van der Waals surface area contributed by atoms with Gasteiger partial charge in [-0.15, -0.1) is 0 Å². The van der Waals surface area contributed by atoms with Crippen LogP contribution in [0.2, 0.25) is 10.0 Å². The molecule has 1 aromatic carbocycles. The van der Waals surface area contributed by atoms with E-state index in [1.165, 1.54) is 6.07 Å². The van der Waals surface area contributed by atoms with Crippen molar-refractivity contribution in [2.24, 2.45) is 0 Å². The Kier molecular flexibility index (Phi) is 5.35. The molecular formula is C14H19Cl2NO2S. The summed E-state index contributed by atoms with van der Waals surface area (Å²) in [6.07, 6.45) is 4.68. The molecule has 3 nitrogen and oxygen atoms in total. The van der Waals surface area contributed by atoms with Crippen molar-refractivity contribution in [3.8, 4) is 0 Å². The summed E-state index contributed by atoms with van der Waals surface area (Å²) in [5.41, 5.74) is 0. The van der Waals surface area contributed by atoms with Crippen molar-refractivity contribution in [1.29, 1.82) is 0 Å². The Morgan fingerprint density at radius 1 is 1.10 bits per heavy atom. The van der Waals surface area contributed by atoms with Gasteiger partial charge in [-0.05, 0) is 38.1 Å². The number of benzene rings is 1. The molecule has 6 heteroatoms. The van der Waals surface area contributed by atoms with Crippen LogP contribution in [0.15, 0.2) is 23.1 Å².